The summed E-state index contributed by atoms with van der Waals surface area (Å²) < 4.78 is 0.547. The van der Waals surface area contributed by atoms with Gasteiger partial charge in [-0.2, -0.15) is 0 Å². The fourth-order valence-electron chi connectivity index (χ4n) is 2.83. The van der Waals surface area contributed by atoms with Crippen LogP contribution >= 0.6 is 15.9 Å². The highest BCUT2D eigenvalue weighted by molar-refractivity contribution is 9.10. The Hall–Kier alpha value is -0.980. The van der Waals surface area contributed by atoms with E-state index < -0.39 is 0 Å². The summed E-state index contributed by atoms with van der Waals surface area (Å²) in [4.78, 5) is 13.3. The average Bonchev–Trinajstić information content (AvgIpc) is 2.50. The minimum atomic E-state index is -0.317. The largest absolute Gasteiger partial charge is 0.314 e. The van der Waals surface area contributed by atoms with Crippen LogP contribution in [0.4, 0.5) is 5.69 Å². The quantitative estimate of drug-likeness (QED) is 0.626. The van der Waals surface area contributed by atoms with Crippen LogP contribution in [0.5, 0.6) is 0 Å². The SMILES string of the molecule is CCCC[C@@H](c1ccc(Br)c([N+](=O)[O-])c1)N1CCNCC1. The molecule has 0 saturated carbocycles. The highest BCUT2D eigenvalue weighted by Crippen LogP contribution is 2.33. The van der Waals surface area contributed by atoms with Crippen molar-refractivity contribution in [2.45, 2.75) is 32.2 Å². The summed E-state index contributed by atoms with van der Waals surface area (Å²) in [5.74, 6) is 0. The molecule has 21 heavy (non-hydrogen) atoms. The number of piperazine rings is 1. The second kappa shape index (κ2) is 7.87. The lowest BCUT2D eigenvalue weighted by atomic mass is 9.98. The molecule has 1 aromatic rings. The molecule has 1 aromatic carbocycles. The Labute approximate surface area is 134 Å². The van der Waals surface area contributed by atoms with E-state index in [1.807, 2.05) is 6.07 Å². The van der Waals surface area contributed by atoms with Crippen molar-refractivity contribution in [1.82, 2.24) is 10.2 Å². The lowest BCUT2D eigenvalue weighted by Gasteiger charge is -2.35. The number of benzene rings is 1. The highest BCUT2D eigenvalue weighted by atomic mass is 79.9. The first kappa shape index (κ1) is 16.4. The average molecular weight is 356 g/mol. The number of nitro groups is 1. The number of hydrogen-bond acceptors (Lipinski definition) is 4. The molecule has 0 aromatic heterocycles. The number of nitrogens with zero attached hydrogens (tertiary/aromatic N) is 2. The van der Waals surface area contributed by atoms with E-state index in [9.17, 15) is 10.1 Å². The number of halogens is 1. The molecule has 116 valence electrons. The fourth-order valence-corrected chi connectivity index (χ4v) is 3.22. The number of nitrogens with one attached hydrogen (secondary N) is 1. The molecule has 0 radical (unpaired) electrons. The molecule has 1 N–H and O–H groups in total. The summed E-state index contributed by atoms with van der Waals surface area (Å²) in [6.45, 7) is 6.15. The van der Waals surface area contributed by atoms with E-state index in [1.165, 1.54) is 0 Å². The summed E-state index contributed by atoms with van der Waals surface area (Å²) in [5, 5.41) is 14.5. The van der Waals surface area contributed by atoms with Crippen molar-refractivity contribution < 1.29 is 4.92 Å². The second-order valence-electron chi connectivity index (χ2n) is 5.41. The van der Waals surface area contributed by atoms with Crippen molar-refractivity contribution in [2.24, 2.45) is 0 Å². The van der Waals surface area contributed by atoms with Gasteiger partial charge >= 0.3 is 0 Å². The van der Waals surface area contributed by atoms with Gasteiger partial charge in [0, 0.05) is 38.3 Å². The third kappa shape index (κ3) is 4.25. The van der Waals surface area contributed by atoms with Crippen molar-refractivity contribution in [1.29, 1.82) is 0 Å². The topological polar surface area (TPSA) is 58.4 Å². The molecule has 0 unspecified atom stereocenters. The first-order valence-electron chi connectivity index (χ1n) is 7.52. The van der Waals surface area contributed by atoms with Crippen LogP contribution in [0.3, 0.4) is 0 Å². The number of unbranched alkanes of at least 4 members (excludes halogenated alkanes) is 1. The molecular formula is C15H22BrN3O2. The summed E-state index contributed by atoms with van der Waals surface area (Å²) in [5.41, 5.74) is 1.21. The third-order valence-electron chi connectivity index (χ3n) is 3.98. The van der Waals surface area contributed by atoms with Gasteiger partial charge in [0.2, 0.25) is 0 Å². The van der Waals surface area contributed by atoms with E-state index in [0.717, 1.165) is 51.0 Å². The number of rotatable bonds is 6. The van der Waals surface area contributed by atoms with Gasteiger partial charge in [-0.1, -0.05) is 25.8 Å². The van der Waals surface area contributed by atoms with Crippen LogP contribution in [-0.4, -0.2) is 36.0 Å². The summed E-state index contributed by atoms with van der Waals surface area (Å²) in [6.07, 6.45) is 3.33. The van der Waals surface area contributed by atoms with Crippen LogP contribution in [0.15, 0.2) is 22.7 Å². The van der Waals surface area contributed by atoms with Gasteiger partial charge in [0.15, 0.2) is 0 Å². The van der Waals surface area contributed by atoms with E-state index in [1.54, 1.807) is 12.1 Å². The lowest BCUT2D eigenvalue weighted by Crippen LogP contribution is -2.45. The fraction of sp³-hybridized carbons (Fsp3) is 0.600. The number of hydrogen-bond donors (Lipinski definition) is 1. The van der Waals surface area contributed by atoms with Gasteiger partial charge in [0.25, 0.3) is 5.69 Å². The van der Waals surface area contributed by atoms with Crippen molar-refractivity contribution in [3.8, 4) is 0 Å². The smallest absolute Gasteiger partial charge is 0.283 e. The molecule has 1 aliphatic rings. The zero-order valence-corrected chi connectivity index (χ0v) is 13.9. The van der Waals surface area contributed by atoms with Crippen LogP contribution in [0, 0.1) is 10.1 Å². The zero-order chi connectivity index (χ0) is 15.2. The van der Waals surface area contributed by atoms with Gasteiger partial charge in [-0.05, 0) is 34.0 Å². The Morgan fingerprint density at radius 2 is 2.14 bits per heavy atom. The Bertz CT molecular complexity index is 490. The predicted molar refractivity (Wildman–Crippen MR) is 87.5 cm³/mol. The van der Waals surface area contributed by atoms with Gasteiger partial charge in [-0.15, -0.1) is 0 Å². The van der Waals surface area contributed by atoms with Gasteiger partial charge in [0.1, 0.15) is 0 Å². The van der Waals surface area contributed by atoms with Crippen molar-refractivity contribution in [2.75, 3.05) is 26.2 Å². The maximum Gasteiger partial charge on any atom is 0.283 e. The van der Waals surface area contributed by atoms with E-state index in [-0.39, 0.29) is 16.7 Å². The molecule has 1 heterocycles. The van der Waals surface area contributed by atoms with Crippen molar-refractivity contribution in [3.05, 3.63) is 38.3 Å². The monoisotopic (exact) mass is 355 g/mol. The molecule has 0 spiro atoms. The summed E-state index contributed by atoms with van der Waals surface area (Å²) in [7, 11) is 0. The number of nitro benzene ring substituents is 1. The maximum atomic E-state index is 11.1. The highest BCUT2D eigenvalue weighted by Gasteiger charge is 2.24. The Kier molecular flexibility index (Phi) is 6.14. The molecule has 1 fully saturated rings. The van der Waals surface area contributed by atoms with Crippen LogP contribution in [0.1, 0.15) is 37.8 Å². The molecule has 0 bridgehead atoms. The van der Waals surface area contributed by atoms with Crippen LogP contribution in [0.25, 0.3) is 0 Å². The lowest BCUT2D eigenvalue weighted by molar-refractivity contribution is -0.385. The van der Waals surface area contributed by atoms with Crippen molar-refractivity contribution in [3.63, 3.8) is 0 Å². The maximum absolute atomic E-state index is 11.1. The van der Waals surface area contributed by atoms with Crippen LogP contribution in [-0.2, 0) is 0 Å². The van der Waals surface area contributed by atoms with Gasteiger partial charge in [0.05, 0.1) is 9.40 Å². The minimum Gasteiger partial charge on any atom is -0.314 e. The first-order chi connectivity index (χ1) is 10.1. The summed E-state index contributed by atoms with van der Waals surface area (Å²) >= 11 is 3.26. The van der Waals surface area contributed by atoms with E-state index in [0.29, 0.717) is 4.47 Å². The molecule has 1 aliphatic heterocycles. The molecule has 0 aliphatic carbocycles. The normalized spacial score (nSPS) is 17.6. The Morgan fingerprint density at radius 3 is 2.76 bits per heavy atom. The van der Waals surface area contributed by atoms with E-state index >= 15 is 0 Å². The third-order valence-corrected chi connectivity index (χ3v) is 4.65. The zero-order valence-electron chi connectivity index (χ0n) is 12.3. The predicted octanol–water partition coefficient (Wildman–Crippen LogP) is 3.49. The van der Waals surface area contributed by atoms with Crippen LogP contribution in [0.2, 0.25) is 0 Å². The van der Waals surface area contributed by atoms with Gasteiger partial charge in [-0.3, -0.25) is 15.0 Å². The first-order valence-corrected chi connectivity index (χ1v) is 8.31. The molecule has 5 nitrogen and oxygen atoms in total. The molecule has 1 atom stereocenters. The molecule has 6 heteroatoms. The standard InChI is InChI=1S/C15H22BrN3O2/c1-2-3-4-14(18-9-7-17-8-10-18)12-5-6-13(16)15(11-12)19(20)21/h5-6,11,14,17H,2-4,7-10H2,1H3/t14-/m0/s1. The minimum absolute atomic E-state index is 0.157. The molecular weight excluding hydrogens is 334 g/mol. The van der Waals surface area contributed by atoms with Crippen molar-refractivity contribution >= 4 is 21.6 Å². The summed E-state index contributed by atoms with van der Waals surface area (Å²) in [6, 6.07) is 5.82. The molecule has 2 rings (SSSR count). The van der Waals surface area contributed by atoms with Gasteiger partial charge < -0.3 is 5.32 Å². The van der Waals surface area contributed by atoms with Gasteiger partial charge in [-0.25, -0.2) is 0 Å². The van der Waals surface area contributed by atoms with Crippen LogP contribution < -0.4 is 5.32 Å². The van der Waals surface area contributed by atoms with E-state index in [2.05, 4.69) is 33.1 Å². The Balaban J connectivity index is 2.26. The molecule has 0 amide bonds. The second-order valence-corrected chi connectivity index (χ2v) is 6.27. The van der Waals surface area contributed by atoms with E-state index in [4.69, 9.17) is 0 Å². The molecule has 1 saturated heterocycles. The Morgan fingerprint density at radius 1 is 1.43 bits per heavy atom.